The molecule has 0 aliphatic heterocycles. The molecule has 0 radical (unpaired) electrons. The lowest BCUT2D eigenvalue weighted by atomic mass is 10.1. The van der Waals surface area contributed by atoms with Crippen molar-refractivity contribution in [2.75, 3.05) is 0 Å². The quantitative estimate of drug-likeness (QED) is 0.596. The molecule has 68 valence electrons. The molecule has 0 atom stereocenters. The second kappa shape index (κ2) is 4.67. The van der Waals surface area contributed by atoms with E-state index in [1.54, 1.807) is 6.08 Å². The van der Waals surface area contributed by atoms with Crippen molar-refractivity contribution in [2.24, 2.45) is 0 Å². The molecule has 0 amide bonds. The number of hydrogen-bond acceptors (Lipinski definition) is 1. The first-order valence-electron chi connectivity index (χ1n) is 3.79. The molecule has 0 saturated carbocycles. The molecule has 0 bridgehead atoms. The van der Waals surface area contributed by atoms with Crippen LogP contribution in [0.2, 0.25) is 0 Å². The molecule has 0 saturated heterocycles. The highest BCUT2D eigenvalue weighted by Gasteiger charge is 1.96. The standard InChI is InChI=1S/C10H9ClO2/c11-7-9-4-2-1-3-8(9)5-6-10(12)13/h1-6H,7H2,(H,12,13)/b6-5+. The molecule has 2 nitrogen and oxygen atoms in total. The largest absolute Gasteiger partial charge is 0.478 e. The van der Waals surface area contributed by atoms with Gasteiger partial charge in [-0.2, -0.15) is 0 Å². The lowest BCUT2D eigenvalue weighted by Crippen LogP contribution is -1.88. The van der Waals surface area contributed by atoms with Crippen molar-refractivity contribution in [3.05, 3.63) is 41.5 Å². The molecule has 0 heterocycles. The van der Waals surface area contributed by atoms with E-state index < -0.39 is 5.97 Å². The fourth-order valence-electron chi connectivity index (χ4n) is 0.980. The van der Waals surface area contributed by atoms with E-state index >= 15 is 0 Å². The van der Waals surface area contributed by atoms with Crippen LogP contribution >= 0.6 is 11.6 Å². The maximum Gasteiger partial charge on any atom is 0.328 e. The molecule has 1 rings (SSSR count). The molecule has 1 N–H and O–H groups in total. The van der Waals surface area contributed by atoms with Crippen molar-refractivity contribution in [3.63, 3.8) is 0 Å². The summed E-state index contributed by atoms with van der Waals surface area (Å²) in [4.78, 5) is 10.3. The molecule has 1 aromatic carbocycles. The van der Waals surface area contributed by atoms with Crippen LogP contribution in [-0.2, 0) is 10.7 Å². The van der Waals surface area contributed by atoms with E-state index in [1.165, 1.54) is 0 Å². The summed E-state index contributed by atoms with van der Waals surface area (Å²) in [5, 5.41) is 8.42. The third kappa shape index (κ3) is 2.92. The smallest absolute Gasteiger partial charge is 0.328 e. The lowest BCUT2D eigenvalue weighted by molar-refractivity contribution is -0.131. The normalized spacial score (nSPS) is 10.5. The second-order valence-corrected chi connectivity index (χ2v) is 2.77. The van der Waals surface area contributed by atoms with Gasteiger partial charge in [-0.25, -0.2) is 4.79 Å². The van der Waals surface area contributed by atoms with Crippen LogP contribution in [0.1, 0.15) is 11.1 Å². The SMILES string of the molecule is O=C(O)/C=C/c1ccccc1CCl. The van der Waals surface area contributed by atoms with E-state index in [2.05, 4.69) is 0 Å². The molecule has 3 heteroatoms. The highest BCUT2D eigenvalue weighted by molar-refractivity contribution is 6.17. The average Bonchev–Trinajstić information content (AvgIpc) is 2.15. The Hall–Kier alpha value is -1.28. The van der Waals surface area contributed by atoms with Gasteiger partial charge in [0.25, 0.3) is 0 Å². The monoisotopic (exact) mass is 196 g/mol. The van der Waals surface area contributed by atoms with E-state index in [4.69, 9.17) is 16.7 Å². The van der Waals surface area contributed by atoms with Gasteiger partial charge in [-0.05, 0) is 17.2 Å². The Morgan fingerprint density at radius 3 is 2.77 bits per heavy atom. The Labute approximate surface area is 81.5 Å². The molecule has 0 aliphatic carbocycles. The highest BCUT2D eigenvalue weighted by Crippen LogP contribution is 2.12. The zero-order chi connectivity index (χ0) is 9.68. The Morgan fingerprint density at radius 2 is 2.15 bits per heavy atom. The number of carbonyl (C=O) groups is 1. The molecule has 0 unspecified atom stereocenters. The zero-order valence-corrected chi connectivity index (χ0v) is 7.66. The van der Waals surface area contributed by atoms with Crippen LogP contribution in [0.25, 0.3) is 6.08 Å². The van der Waals surface area contributed by atoms with Crippen LogP contribution in [0.15, 0.2) is 30.3 Å². The van der Waals surface area contributed by atoms with Crippen molar-refractivity contribution >= 4 is 23.6 Å². The van der Waals surface area contributed by atoms with Crippen molar-refractivity contribution in [3.8, 4) is 0 Å². The van der Waals surface area contributed by atoms with Crippen LogP contribution in [0.5, 0.6) is 0 Å². The van der Waals surface area contributed by atoms with Gasteiger partial charge in [0.2, 0.25) is 0 Å². The minimum absolute atomic E-state index is 0.389. The highest BCUT2D eigenvalue weighted by atomic mass is 35.5. The Morgan fingerprint density at radius 1 is 1.46 bits per heavy atom. The van der Waals surface area contributed by atoms with Crippen LogP contribution in [-0.4, -0.2) is 11.1 Å². The number of aliphatic carboxylic acids is 1. The summed E-state index contributed by atoms with van der Waals surface area (Å²) in [7, 11) is 0. The van der Waals surface area contributed by atoms with E-state index in [9.17, 15) is 4.79 Å². The fourth-order valence-corrected chi connectivity index (χ4v) is 1.22. The van der Waals surface area contributed by atoms with E-state index in [1.807, 2.05) is 24.3 Å². The van der Waals surface area contributed by atoms with Crippen LogP contribution < -0.4 is 0 Å². The topological polar surface area (TPSA) is 37.3 Å². The minimum Gasteiger partial charge on any atom is -0.478 e. The first kappa shape index (κ1) is 9.81. The summed E-state index contributed by atoms with van der Waals surface area (Å²) < 4.78 is 0. The summed E-state index contributed by atoms with van der Waals surface area (Å²) in [6.07, 6.45) is 2.64. The summed E-state index contributed by atoms with van der Waals surface area (Å²) in [6, 6.07) is 7.42. The molecule has 0 aliphatic rings. The zero-order valence-electron chi connectivity index (χ0n) is 6.90. The number of halogens is 1. The van der Waals surface area contributed by atoms with Gasteiger partial charge in [-0.3, -0.25) is 0 Å². The van der Waals surface area contributed by atoms with Gasteiger partial charge in [-0.1, -0.05) is 24.3 Å². The number of benzene rings is 1. The van der Waals surface area contributed by atoms with Crippen molar-refractivity contribution in [2.45, 2.75) is 5.88 Å². The minimum atomic E-state index is -0.954. The summed E-state index contributed by atoms with van der Waals surface area (Å²) in [5.74, 6) is -0.565. The second-order valence-electron chi connectivity index (χ2n) is 2.50. The lowest BCUT2D eigenvalue weighted by Gasteiger charge is -1.99. The Balaban J connectivity index is 2.93. The molecule has 0 fully saturated rings. The molecule has 13 heavy (non-hydrogen) atoms. The summed E-state index contributed by atoms with van der Waals surface area (Å²) in [5.41, 5.74) is 1.78. The first-order valence-corrected chi connectivity index (χ1v) is 4.32. The molecular formula is C10H9ClO2. The van der Waals surface area contributed by atoms with Crippen molar-refractivity contribution in [1.29, 1.82) is 0 Å². The fraction of sp³-hybridized carbons (Fsp3) is 0.100. The molecule has 0 aromatic heterocycles. The molecular weight excluding hydrogens is 188 g/mol. The third-order valence-electron chi connectivity index (χ3n) is 1.60. The van der Waals surface area contributed by atoms with Crippen molar-refractivity contribution < 1.29 is 9.90 Å². The van der Waals surface area contributed by atoms with Gasteiger partial charge in [0, 0.05) is 12.0 Å². The predicted molar refractivity (Wildman–Crippen MR) is 52.7 cm³/mol. The van der Waals surface area contributed by atoms with Gasteiger partial charge >= 0.3 is 5.97 Å². The number of rotatable bonds is 3. The van der Waals surface area contributed by atoms with Gasteiger partial charge in [-0.15, -0.1) is 11.6 Å². The van der Waals surface area contributed by atoms with Gasteiger partial charge < -0.3 is 5.11 Å². The Kier molecular flexibility index (Phi) is 3.53. The van der Waals surface area contributed by atoms with Crippen molar-refractivity contribution in [1.82, 2.24) is 0 Å². The third-order valence-corrected chi connectivity index (χ3v) is 1.89. The van der Waals surface area contributed by atoms with Crippen LogP contribution in [0, 0.1) is 0 Å². The molecule has 0 spiro atoms. The van der Waals surface area contributed by atoms with E-state index in [0.29, 0.717) is 5.88 Å². The number of alkyl halides is 1. The Bertz CT molecular complexity index is 331. The number of carboxylic acid groups (broad SMARTS) is 1. The number of carboxylic acids is 1. The predicted octanol–water partition coefficient (Wildman–Crippen LogP) is 2.52. The van der Waals surface area contributed by atoms with Gasteiger partial charge in [0.05, 0.1) is 0 Å². The van der Waals surface area contributed by atoms with Gasteiger partial charge in [0.1, 0.15) is 0 Å². The maximum absolute atomic E-state index is 10.3. The van der Waals surface area contributed by atoms with Gasteiger partial charge in [0.15, 0.2) is 0 Å². The first-order chi connectivity index (χ1) is 6.24. The maximum atomic E-state index is 10.3. The average molecular weight is 197 g/mol. The van der Waals surface area contributed by atoms with E-state index in [0.717, 1.165) is 17.2 Å². The van der Waals surface area contributed by atoms with Crippen LogP contribution in [0.3, 0.4) is 0 Å². The van der Waals surface area contributed by atoms with E-state index in [-0.39, 0.29) is 0 Å². The van der Waals surface area contributed by atoms with Crippen LogP contribution in [0.4, 0.5) is 0 Å². The molecule has 1 aromatic rings. The summed E-state index contributed by atoms with van der Waals surface area (Å²) >= 11 is 5.67. The summed E-state index contributed by atoms with van der Waals surface area (Å²) in [6.45, 7) is 0. The number of hydrogen-bond donors (Lipinski definition) is 1.